The highest BCUT2D eigenvalue weighted by atomic mass is 79.9. The highest BCUT2D eigenvalue weighted by Crippen LogP contribution is 2.26. The standard InChI is InChI=1S/C12H7BrCl2O2S/c13-10-1-2-18-12(10)11(16)6-17-9-4-7(14)3-8(15)5-9/h1-5H,6H2. The molecule has 2 aromatic rings. The lowest BCUT2D eigenvalue weighted by molar-refractivity contribution is 0.0925. The number of ketones is 1. The maximum absolute atomic E-state index is 11.9. The minimum atomic E-state index is -0.0898. The second-order valence-electron chi connectivity index (χ2n) is 3.41. The van der Waals surface area contributed by atoms with E-state index in [-0.39, 0.29) is 12.4 Å². The summed E-state index contributed by atoms with van der Waals surface area (Å²) >= 11 is 16.3. The van der Waals surface area contributed by atoms with Crippen LogP contribution in [0.3, 0.4) is 0 Å². The van der Waals surface area contributed by atoms with E-state index < -0.39 is 0 Å². The van der Waals surface area contributed by atoms with E-state index in [1.807, 2.05) is 11.4 Å². The van der Waals surface area contributed by atoms with E-state index >= 15 is 0 Å². The molecular weight excluding hydrogens is 359 g/mol. The van der Waals surface area contributed by atoms with Crippen LogP contribution in [0.25, 0.3) is 0 Å². The molecule has 1 aromatic carbocycles. The van der Waals surface area contributed by atoms with Crippen molar-refractivity contribution in [3.05, 3.63) is 49.0 Å². The third-order valence-electron chi connectivity index (χ3n) is 2.08. The number of carbonyl (C=O) groups excluding carboxylic acids is 1. The van der Waals surface area contributed by atoms with Crippen molar-refractivity contribution in [1.29, 1.82) is 0 Å². The molecule has 0 saturated heterocycles. The van der Waals surface area contributed by atoms with Crippen molar-refractivity contribution < 1.29 is 9.53 Å². The van der Waals surface area contributed by atoms with E-state index in [2.05, 4.69) is 15.9 Å². The van der Waals surface area contributed by atoms with E-state index in [0.29, 0.717) is 20.7 Å². The van der Waals surface area contributed by atoms with Crippen molar-refractivity contribution in [1.82, 2.24) is 0 Å². The van der Waals surface area contributed by atoms with Gasteiger partial charge in [-0.3, -0.25) is 4.79 Å². The van der Waals surface area contributed by atoms with Gasteiger partial charge < -0.3 is 4.74 Å². The highest BCUT2D eigenvalue weighted by molar-refractivity contribution is 9.10. The number of rotatable bonds is 4. The van der Waals surface area contributed by atoms with Crippen molar-refractivity contribution in [3.8, 4) is 5.75 Å². The molecular formula is C12H7BrCl2O2S. The van der Waals surface area contributed by atoms with Crippen LogP contribution in [0.1, 0.15) is 9.67 Å². The Bertz CT molecular complexity index is 563. The van der Waals surface area contributed by atoms with Gasteiger partial charge in [0.25, 0.3) is 0 Å². The maximum Gasteiger partial charge on any atom is 0.211 e. The van der Waals surface area contributed by atoms with Gasteiger partial charge >= 0.3 is 0 Å². The Morgan fingerprint density at radius 1 is 1.28 bits per heavy atom. The van der Waals surface area contributed by atoms with Crippen LogP contribution in [-0.2, 0) is 0 Å². The molecule has 2 nitrogen and oxygen atoms in total. The Morgan fingerprint density at radius 2 is 1.94 bits per heavy atom. The lowest BCUT2D eigenvalue weighted by atomic mass is 10.3. The highest BCUT2D eigenvalue weighted by Gasteiger charge is 2.12. The topological polar surface area (TPSA) is 26.3 Å². The van der Waals surface area contributed by atoms with Gasteiger partial charge in [-0.15, -0.1) is 11.3 Å². The number of thiophene rings is 1. The number of Topliss-reactive ketones (excluding diaryl/α,β-unsaturated/α-hetero) is 1. The minimum absolute atomic E-state index is 0.0458. The molecule has 0 aliphatic carbocycles. The zero-order chi connectivity index (χ0) is 13.1. The zero-order valence-corrected chi connectivity index (χ0v) is 12.9. The van der Waals surface area contributed by atoms with Gasteiger partial charge in [0.15, 0.2) is 6.61 Å². The van der Waals surface area contributed by atoms with Crippen molar-refractivity contribution in [3.63, 3.8) is 0 Å². The smallest absolute Gasteiger partial charge is 0.211 e. The maximum atomic E-state index is 11.9. The van der Waals surface area contributed by atoms with Crippen LogP contribution in [0.4, 0.5) is 0 Å². The van der Waals surface area contributed by atoms with Gasteiger partial charge in [-0.05, 0) is 45.6 Å². The molecule has 0 spiro atoms. The molecule has 0 fully saturated rings. The van der Waals surface area contributed by atoms with Crippen LogP contribution in [0.2, 0.25) is 10.0 Å². The molecule has 2 rings (SSSR count). The summed E-state index contributed by atoms with van der Waals surface area (Å²) in [6.45, 7) is -0.0458. The third-order valence-corrected chi connectivity index (χ3v) is 4.39. The fourth-order valence-electron chi connectivity index (χ4n) is 1.32. The molecule has 0 amide bonds. The monoisotopic (exact) mass is 364 g/mol. The summed E-state index contributed by atoms with van der Waals surface area (Å²) in [5, 5.41) is 2.79. The molecule has 1 aromatic heterocycles. The summed E-state index contributed by atoms with van der Waals surface area (Å²) in [5.74, 6) is 0.390. The summed E-state index contributed by atoms with van der Waals surface area (Å²) < 4.78 is 6.16. The number of hydrogen-bond acceptors (Lipinski definition) is 3. The molecule has 0 aliphatic heterocycles. The molecule has 18 heavy (non-hydrogen) atoms. The third kappa shape index (κ3) is 3.48. The van der Waals surface area contributed by atoms with E-state index in [1.54, 1.807) is 18.2 Å². The Labute approximate surface area is 127 Å². The summed E-state index contributed by atoms with van der Waals surface area (Å²) in [7, 11) is 0. The normalized spacial score (nSPS) is 10.4. The Morgan fingerprint density at radius 3 is 2.50 bits per heavy atom. The first-order chi connectivity index (χ1) is 8.56. The van der Waals surface area contributed by atoms with E-state index in [9.17, 15) is 4.79 Å². The molecule has 0 bridgehead atoms. The summed E-state index contributed by atoms with van der Waals surface area (Å²) in [4.78, 5) is 12.5. The summed E-state index contributed by atoms with van der Waals surface area (Å²) in [6, 6.07) is 6.66. The summed E-state index contributed by atoms with van der Waals surface area (Å²) in [6.07, 6.45) is 0. The molecule has 0 aliphatic rings. The van der Waals surface area contributed by atoms with Gasteiger partial charge in [0.1, 0.15) is 5.75 Å². The van der Waals surface area contributed by atoms with Gasteiger partial charge in [0.05, 0.1) is 4.88 Å². The first kappa shape index (κ1) is 13.9. The first-order valence-electron chi connectivity index (χ1n) is 4.91. The molecule has 0 N–H and O–H groups in total. The Hall–Kier alpha value is -0.550. The van der Waals surface area contributed by atoms with Gasteiger partial charge in [0.2, 0.25) is 5.78 Å². The van der Waals surface area contributed by atoms with E-state index in [0.717, 1.165) is 4.47 Å². The predicted molar refractivity (Wildman–Crippen MR) is 78.3 cm³/mol. The van der Waals surface area contributed by atoms with Gasteiger partial charge in [-0.1, -0.05) is 23.2 Å². The minimum Gasteiger partial charge on any atom is -0.485 e. The van der Waals surface area contributed by atoms with Crippen LogP contribution < -0.4 is 4.74 Å². The number of hydrogen-bond donors (Lipinski definition) is 0. The molecule has 0 saturated carbocycles. The number of halogens is 3. The molecule has 94 valence electrons. The van der Waals surface area contributed by atoms with Gasteiger partial charge in [-0.2, -0.15) is 0 Å². The fraction of sp³-hybridized carbons (Fsp3) is 0.0833. The zero-order valence-electron chi connectivity index (χ0n) is 8.95. The average molecular weight is 366 g/mol. The van der Waals surface area contributed by atoms with Crippen LogP contribution >= 0.6 is 50.5 Å². The largest absolute Gasteiger partial charge is 0.485 e. The van der Waals surface area contributed by atoms with E-state index in [4.69, 9.17) is 27.9 Å². The molecule has 0 unspecified atom stereocenters. The molecule has 0 radical (unpaired) electrons. The van der Waals surface area contributed by atoms with Crippen molar-refractivity contribution in [2.24, 2.45) is 0 Å². The second-order valence-corrected chi connectivity index (χ2v) is 6.06. The first-order valence-corrected chi connectivity index (χ1v) is 7.34. The Kier molecular flexibility index (Phi) is 4.67. The lowest BCUT2D eigenvalue weighted by Crippen LogP contribution is -2.10. The lowest BCUT2D eigenvalue weighted by Gasteiger charge is -2.06. The van der Waals surface area contributed by atoms with Crippen LogP contribution in [-0.4, -0.2) is 12.4 Å². The quantitative estimate of drug-likeness (QED) is 0.706. The van der Waals surface area contributed by atoms with Crippen LogP contribution in [0.15, 0.2) is 34.1 Å². The fourth-order valence-corrected chi connectivity index (χ4v) is 3.34. The van der Waals surface area contributed by atoms with Crippen molar-refractivity contribution >= 4 is 56.3 Å². The van der Waals surface area contributed by atoms with Gasteiger partial charge in [0, 0.05) is 14.5 Å². The Balaban J connectivity index is 2.04. The SMILES string of the molecule is O=C(COc1cc(Cl)cc(Cl)c1)c1sccc1Br. The molecule has 1 heterocycles. The van der Waals surface area contributed by atoms with Crippen LogP contribution in [0, 0.1) is 0 Å². The number of carbonyl (C=O) groups is 1. The van der Waals surface area contributed by atoms with Crippen LogP contribution in [0.5, 0.6) is 5.75 Å². The molecule has 0 atom stereocenters. The summed E-state index contributed by atoms with van der Waals surface area (Å²) in [5.41, 5.74) is 0. The second kappa shape index (κ2) is 6.06. The van der Waals surface area contributed by atoms with Crippen molar-refractivity contribution in [2.45, 2.75) is 0 Å². The predicted octanol–water partition coefficient (Wildman–Crippen LogP) is 5.08. The average Bonchev–Trinajstić information content (AvgIpc) is 2.71. The van der Waals surface area contributed by atoms with E-state index in [1.165, 1.54) is 11.3 Å². The van der Waals surface area contributed by atoms with Crippen molar-refractivity contribution in [2.75, 3.05) is 6.61 Å². The number of ether oxygens (including phenoxy) is 1. The van der Waals surface area contributed by atoms with Gasteiger partial charge in [-0.25, -0.2) is 0 Å². The molecule has 6 heteroatoms. The number of benzene rings is 1.